The molecule has 0 aliphatic carbocycles. The van der Waals surface area contributed by atoms with Crippen molar-refractivity contribution in [1.82, 2.24) is 14.5 Å². The first-order chi connectivity index (χ1) is 8.86. The van der Waals surface area contributed by atoms with Crippen LogP contribution in [0.4, 0.5) is 0 Å². The molecule has 102 valence electrons. The molecule has 0 spiro atoms. The third kappa shape index (κ3) is 2.75. The molecule has 0 radical (unpaired) electrons. The van der Waals surface area contributed by atoms with Crippen molar-refractivity contribution in [3.63, 3.8) is 0 Å². The van der Waals surface area contributed by atoms with E-state index in [1.54, 1.807) is 37.0 Å². The van der Waals surface area contributed by atoms with Gasteiger partial charge in [-0.2, -0.15) is 0 Å². The van der Waals surface area contributed by atoms with Crippen molar-refractivity contribution in [2.24, 2.45) is 7.05 Å². The van der Waals surface area contributed by atoms with Gasteiger partial charge in [-0.15, -0.1) is 0 Å². The summed E-state index contributed by atoms with van der Waals surface area (Å²) in [5.74, 6) is 0.524. The molecule has 0 atom stereocenters. The summed E-state index contributed by atoms with van der Waals surface area (Å²) in [4.78, 5) is 8.59. The van der Waals surface area contributed by atoms with Gasteiger partial charge in [0, 0.05) is 17.7 Å². The molecule has 2 heterocycles. The van der Waals surface area contributed by atoms with Crippen molar-refractivity contribution < 1.29 is 8.42 Å². The molecular formula is C11H11Br2N3O2S. The second-order valence-electron chi connectivity index (χ2n) is 3.87. The van der Waals surface area contributed by atoms with Gasteiger partial charge in [0.1, 0.15) is 10.3 Å². The van der Waals surface area contributed by atoms with Gasteiger partial charge >= 0.3 is 0 Å². The molecule has 0 aliphatic heterocycles. The van der Waals surface area contributed by atoms with Crippen LogP contribution in [0.1, 0.15) is 6.92 Å². The van der Waals surface area contributed by atoms with Gasteiger partial charge in [0.25, 0.3) is 0 Å². The highest BCUT2D eigenvalue weighted by Gasteiger charge is 2.22. The minimum absolute atomic E-state index is 0.0176. The second-order valence-corrected chi connectivity index (χ2v) is 7.84. The number of aromatic nitrogens is 3. The Morgan fingerprint density at radius 1 is 1.26 bits per heavy atom. The molecule has 0 amide bonds. The number of hydrogen-bond acceptors (Lipinski definition) is 4. The smallest absolute Gasteiger partial charge is 0.180 e. The fourth-order valence-electron chi connectivity index (χ4n) is 1.59. The number of hydrogen-bond donors (Lipinski definition) is 0. The zero-order valence-electron chi connectivity index (χ0n) is 10.3. The Morgan fingerprint density at radius 2 is 1.95 bits per heavy atom. The van der Waals surface area contributed by atoms with Crippen LogP contribution >= 0.6 is 31.9 Å². The molecule has 0 aromatic carbocycles. The zero-order valence-corrected chi connectivity index (χ0v) is 14.2. The van der Waals surface area contributed by atoms with Gasteiger partial charge in [-0.05, 0) is 37.9 Å². The largest absolute Gasteiger partial charge is 0.321 e. The molecule has 0 bridgehead atoms. The number of pyridine rings is 1. The summed E-state index contributed by atoms with van der Waals surface area (Å²) in [5.41, 5.74) is 0.359. The summed E-state index contributed by atoms with van der Waals surface area (Å²) in [6.07, 6.45) is 3.17. The van der Waals surface area contributed by atoms with Gasteiger partial charge in [-0.25, -0.2) is 13.4 Å². The van der Waals surface area contributed by atoms with Crippen molar-refractivity contribution in [3.8, 4) is 11.5 Å². The van der Waals surface area contributed by atoms with E-state index in [1.165, 1.54) is 0 Å². The van der Waals surface area contributed by atoms with E-state index in [1.807, 2.05) is 0 Å². The Balaban J connectivity index is 2.75. The standard InChI is InChI=1S/C11H11Br2N3O2S/c1-3-19(17,18)8-4-7(12)5-14-10(8)11-15-6-9(13)16(11)2/h4-6H,3H2,1-2H3. The van der Waals surface area contributed by atoms with Gasteiger partial charge < -0.3 is 4.57 Å². The summed E-state index contributed by atoms with van der Waals surface area (Å²) in [5, 5.41) is 0. The lowest BCUT2D eigenvalue weighted by atomic mass is 10.3. The number of sulfone groups is 1. The lowest BCUT2D eigenvalue weighted by Crippen LogP contribution is -2.08. The zero-order chi connectivity index (χ0) is 14.2. The minimum atomic E-state index is -3.37. The first-order valence-electron chi connectivity index (χ1n) is 5.42. The van der Waals surface area contributed by atoms with Crippen LogP contribution in [0.25, 0.3) is 11.5 Å². The van der Waals surface area contributed by atoms with Crippen LogP contribution in [0.5, 0.6) is 0 Å². The first-order valence-corrected chi connectivity index (χ1v) is 8.66. The van der Waals surface area contributed by atoms with Crippen molar-refractivity contribution in [2.45, 2.75) is 11.8 Å². The fourth-order valence-corrected chi connectivity index (χ4v) is 3.40. The van der Waals surface area contributed by atoms with Gasteiger partial charge in [0.2, 0.25) is 0 Å². The van der Waals surface area contributed by atoms with E-state index in [-0.39, 0.29) is 10.6 Å². The van der Waals surface area contributed by atoms with Crippen LogP contribution in [-0.2, 0) is 16.9 Å². The Bertz CT molecular complexity index is 726. The van der Waals surface area contributed by atoms with Gasteiger partial charge in [-0.3, -0.25) is 4.98 Å². The van der Waals surface area contributed by atoms with Crippen LogP contribution in [0.15, 0.2) is 32.4 Å². The molecule has 19 heavy (non-hydrogen) atoms. The third-order valence-electron chi connectivity index (χ3n) is 2.68. The molecule has 0 aliphatic rings. The molecule has 0 unspecified atom stereocenters. The lowest BCUT2D eigenvalue weighted by Gasteiger charge is -2.09. The molecule has 0 saturated carbocycles. The van der Waals surface area contributed by atoms with Gasteiger partial charge in [0.05, 0.1) is 16.8 Å². The lowest BCUT2D eigenvalue weighted by molar-refractivity contribution is 0.597. The molecule has 0 saturated heterocycles. The molecule has 2 rings (SSSR count). The molecule has 0 N–H and O–H groups in total. The number of imidazole rings is 1. The van der Waals surface area contributed by atoms with Crippen molar-refractivity contribution in [2.75, 3.05) is 5.75 Å². The van der Waals surface area contributed by atoms with Crippen molar-refractivity contribution in [3.05, 3.63) is 27.5 Å². The highest BCUT2D eigenvalue weighted by Crippen LogP contribution is 2.28. The summed E-state index contributed by atoms with van der Waals surface area (Å²) in [6, 6.07) is 1.56. The van der Waals surface area contributed by atoms with Crippen LogP contribution in [0, 0.1) is 0 Å². The average molecular weight is 409 g/mol. The molecule has 2 aromatic heterocycles. The Kier molecular flexibility index (Phi) is 4.12. The second kappa shape index (κ2) is 5.34. The maximum absolute atomic E-state index is 12.2. The molecule has 2 aromatic rings. The third-order valence-corrected chi connectivity index (χ3v) is 5.59. The topological polar surface area (TPSA) is 64.8 Å². The van der Waals surface area contributed by atoms with Crippen LogP contribution in [0.2, 0.25) is 0 Å². The predicted octanol–water partition coefficient (Wildman–Crippen LogP) is 2.80. The number of rotatable bonds is 3. The van der Waals surface area contributed by atoms with Crippen LogP contribution in [-0.4, -0.2) is 28.7 Å². The van der Waals surface area contributed by atoms with E-state index >= 15 is 0 Å². The summed E-state index contributed by atoms with van der Waals surface area (Å²) >= 11 is 6.58. The summed E-state index contributed by atoms with van der Waals surface area (Å²) in [6.45, 7) is 1.61. The normalized spacial score (nSPS) is 11.8. The maximum atomic E-state index is 12.2. The monoisotopic (exact) mass is 407 g/mol. The maximum Gasteiger partial charge on any atom is 0.180 e. The Hall–Kier alpha value is -0.730. The minimum Gasteiger partial charge on any atom is -0.321 e. The average Bonchev–Trinajstić information content (AvgIpc) is 2.70. The fraction of sp³-hybridized carbons (Fsp3) is 0.273. The van der Waals surface area contributed by atoms with E-state index in [2.05, 4.69) is 41.8 Å². The highest BCUT2D eigenvalue weighted by atomic mass is 79.9. The molecule has 0 fully saturated rings. The van der Waals surface area contributed by atoms with Crippen molar-refractivity contribution in [1.29, 1.82) is 0 Å². The summed E-state index contributed by atoms with van der Waals surface area (Å²) < 4.78 is 27.4. The van der Waals surface area contributed by atoms with E-state index in [0.717, 1.165) is 4.60 Å². The molecule has 8 heteroatoms. The highest BCUT2D eigenvalue weighted by molar-refractivity contribution is 9.10. The van der Waals surface area contributed by atoms with E-state index in [4.69, 9.17) is 0 Å². The Labute approximate surface area is 128 Å². The van der Waals surface area contributed by atoms with Gasteiger partial charge in [0.15, 0.2) is 15.7 Å². The van der Waals surface area contributed by atoms with E-state index in [0.29, 0.717) is 16.0 Å². The van der Waals surface area contributed by atoms with E-state index < -0.39 is 9.84 Å². The molecular weight excluding hydrogens is 398 g/mol. The first kappa shape index (κ1) is 14.7. The predicted molar refractivity (Wildman–Crippen MR) is 79.6 cm³/mol. The Morgan fingerprint density at radius 3 is 2.47 bits per heavy atom. The molecule has 5 nitrogen and oxygen atoms in total. The van der Waals surface area contributed by atoms with E-state index in [9.17, 15) is 8.42 Å². The van der Waals surface area contributed by atoms with Crippen LogP contribution < -0.4 is 0 Å². The van der Waals surface area contributed by atoms with Crippen LogP contribution in [0.3, 0.4) is 0 Å². The quantitative estimate of drug-likeness (QED) is 0.783. The number of halogens is 2. The number of nitrogens with zero attached hydrogens (tertiary/aromatic N) is 3. The van der Waals surface area contributed by atoms with Gasteiger partial charge in [-0.1, -0.05) is 6.92 Å². The summed E-state index contributed by atoms with van der Waals surface area (Å²) in [7, 11) is -1.58. The van der Waals surface area contributed by atoms with Crippen molar-refractivity contribution >= 4 is 41.7 Å². The SMILES string of the molecule is CCS(=O)(=O)c1cc(Br)cnc1-c1ncc(Br)n1C.